The van der Waals surface area contributed by atoms with Crippen LogP contribution < -0.4 is 20.1 Å². The van der Waals surface area contributed by atoms with E-state index in [-0.39, 0.29) is 6.54 Å². The van der Waals surface area contributed by atoms with Crippen LogP contribution in [0.3, 0.4) is 0 Å². The highest BCUT2D eigenvalue weighted by Gasteiger charge is 2.19. The van der Waals surface area contributed by atoms with E-state index in [4.69, 9.17) is 13.9 Å². The van der Waals surface area contributed by atoms with Crippen LogP contribution in [0.5, 0.6) is 11.5 Å². The van der Waals surface area contributed by atoms with Gasteiger partial charge in [-0.3, -0.25) is 9.59 Å². The standard InChI is InChI=1S/C17H20N2O6/c1-10-4-6-15(25-10)13(20)9-18-16(21)17(22)19-12-8-11(23-2)5-7-14(12)24-3/h4-8,13,20H,9H2,1-3H3,(H,18,21)(H,19,22). The molecule has 0 aliphatic rings. The van der Waals surface area contributed by atoms with Crippen LogP contribution in [-0.4, -0.2) is 37.7 Å². The molecule has 0 saturated heterocycles. The second-order valence-corrected chi connectivity index (χ2v) is 5.19. The summed E-state index contributed by atoms with van der Waals surface area (Å²) in [5, 5.41) is 14.7. The van der Waals surface area contributed by atoms with Crippen LogP contribution in [0.2, 0.25) is 0 Å². The third-order valence-corrected chi connectivity index (χ3v) is 3.41. The fraction of sp³-hybridized carbons (Fsp3) is 0.294. The van der Waals surface area contributed by atoms with Crippen LogP contribution in [0.4, 0.5) is 5.69 Å². The summed E-state index contributed by atoms with van der Waals surface area (Å²) in [5.41, 5.74) is 0.296. The zero-order valence-corrected chi connectivity index (χ0v) is 14.2. The quantitative estimate of drug-likeness (QED) is 0.681. The fourth-order valence-corrected chi connectivity index (χ4v) is 2.09. The summed E-state index contributed by atoms with van der Waals surface area (Å²) >= 11 is 0. The SMILES string of the molecule is COc1ccc(OC)c(NC(=O)C(=O)NCC(O)c2ccc(C)o2)c1. The second-order valence-electron chi connectivity index (χ2n) is 5.19. The normalized spacial score (nSPS) is 11.5. The number of carbonyl (C=O) groups excluding carboxylic acids is 2. The summed E-state index contributed by atoms with van der Waals surface area (Å²) in [7, 11) is 2.93. The molecule has 1 heterocycles. The van der Waals surface area contributed by atoms with Crippen molar-refractivity contribution in [2.75, 3.05) is 26.1 Å². The zero-order chi connectivity index (χ0) is 18.4. The minimum Gasteiger partial charge on any atom is -0.497 e. The number of hydrogen-bond acceptors (Lipinski definition) is 6. The van der Waals surface area contributed by atoms with Gasteiger partial charge in [0.15, 0.2) is 0 Å². The molecule has 2 rings (SSSR count). The predicted molar refractivity (Wildman–Crippen MR) is 89.6 cm³/mol. The first-order valence-electron chi connectivity index (χ1n) is 7.50. The van der Waals surface area contributed by atoms with Gasteiger partial charge in [0.2, 0.25) is 0 Å². The fourth-order valence-electron chi connectivity index (χ4n) is 2.09. The van der Waals surface area contributed by atoms with Gasteiger partial charge in [-0.1, -0.05) is 0 Å². The summed E-state index contributed by atoms with van der Waals surface area (Å²) < 4.78 is 15.5. The summed E-state index contributed by atoms with van der Waals surface area (Å²) in [4.78, 5) is 23.9. The highest BCUT2D eigenvalue weighted by Crippen LogP contribution is 2.28. The number of furan rings is 1. The van der Waals surface area contributed by atoms with E-state index in [9.17, 15) is 14.7 Å². The predicted octanol–water partition coefficient (Wildman–Crippen LogP) is 1.39. The molecule has 0 spiro atoms. The Labute approximate surface area is 144 Å². The van der Waals surface area contributed by atoms with Crippen LogP contribution in [0.15, 0.2) is 34.7 Å². The summed E-state index contributed by atoms with van der Waals surface area (Å²) in [6, 6.07) is 8.10. The molecule has 3 N–H and O–H groups in total. The van der Waals surface area contributed by atoms with Crippen molar-refractivity contribution in [3.05, 3.63) is 41.9 Å². The lowest BCUT2D eigenvalue weighted by Crippen LogP contribution is -2.37. The van der Waals surface area contributed by atoms with Crippen LogP contribution in [0.1, 0.15) is 17.6 Å². The van der Waals surface area contributed by atoms with Crippen molar-refractivity contribution in [3.8, 4) is 11.5 Å². The van der Waals surface area contributed by atoms with Gasteiger partial charge in [-0.15, -0.1) is 0 Å². The van der Waals surface area contributed by atoms with Crippen LogP contribution in [-0.2, 0) is 9.59 Å². The number of rotatable bonds is 6. The molecule has 0 aliphatic carbocycles. The number of ether oxygens (including phenoxy) is 2. The lowest BCUT2D eigenvalue weighted by molar-refractivity contribution is -0.136. The molecule has 8 nitrogen and oxygen atoms in total. The molecule has 0 fully saturated rings. The lowest BCUT2D eigenvalue weighted by atomic mass is 10.2. The minimum atomic E-state index is -1.04. The Morgan fingerprint density at radius 1 is 1.16 bits per heavy atom. The summed E-state index contributed by atoms with van der Waals surface area (Å²) in [6.45, 7) is 1.58. The van der Waals surface area contributed by atoms with Crippen molar-refractivity contribution in [2.24, 2.45) is 0 Å². The molecule has 2 aromatic rings. The Hall–Kier alpha value is -3.00. The van der Waals surface area contributed by atoms with Gasteiger partial charge in [-0.2, -0.15) is 0 Å². The van der Waals surface area contributed by atoms with Crippen LogP contribution in [0, 0.1) is 6.92 Å². The van der Waals surface area contributed by atoms with Crippen molar-refractivity contribution in [1.82, 2.24) is 5.32 Å². The zero-order valence-electron chi connectivity index (χ0n) is 14.2. The Balaban J connectivity index is 1.95. The van der Waals surface area contributed by atoms with E-state index in [1.165, 1.54) is 20.3 Å². The van der Waals surface area contributed by atoms with Crippen molar-refractivity contribution >= 4 is 17.5 Å². The van der Waals surface area contributed by atoms with Gasteiger partial charge in [0, 0.05) is 6.07 Å². The summed E-state index contributed by atoms with van der Waals surface area (Å²) in [6.07, 6.45) is -1.04. The third-order valence-electron chi connectivity index (χ3n) is 3.41. The molecule has 1 aromatic heterocycles. The summed E-state index contributed by atoms with van der Waals surface area (Å²) in [5.74, 6) is 0.0469. The highest BCUT2D eigenvalue weighted by atomic mass is 16.5. The first kappa shape index (κ1) is 18.3. The molecule has 1 atom stereocenters. The van der Waals surface area contributed by atoms with Crippen molar-refractivity contribution < 1.29 is 28.6 Å². The molecule has 0 saturated carbocycles. The minimum absolute atomic E-state index is 0.158. The van der Waals surface area contributed by atoms with E-state index in [0.29, 0.717) is 28.7 Å². The van der Waals surface area contributed by atoms with Gasteiger partial charge in [0.25, 0.3) is 0 Å². The Bertz CT molecular complexity index is 755. The number of aliphatic hydroxyl groups is 1. The third kappa shape index (κ3) is 4.74. The smallest absolute Gasteiger partial charge is 0.313 e. The van der Waals surface area contributed by atoms with E-state index in [0.717, 1.165) is 0 Å². The van der Waals surface area contributed by atoms with E-state index >= 15 is 0 Å². The molecule has 25 heavy (non-hydrogen) atoms. The molecule has 0 bridgehead atoms. The van der Waals surface area contributed by atoms with Crippen molar-refractivity contribution in [3.63, 3.8) is 0 Å². The van der Waals surface area contributed by atoms with Gasteiger partial charge in [0.05, 0.1) is 26.5 Å². The Morgan fingerprint density at radius 2 is 1.92 bits per heavy atom. The van der Waals surface area contributed by atoms with E-state index < -0.39 is 17.9 Å². The maximum absolute atomic E-state index is 12.0. The van der Waals surface area contributed by atoms with Crippen LogP contribution in [0.25, 0.3) is 0 Å². The number of nitrogens with one attached hydrogen (secondary N) is 2. The maximum Gasteiger partial charge on any atom is 0.313 e. The first-order chi connectivity index (χ1) is 11.9. The number of anilines is 1. The topological polar surface area (TPSA) is 110 Å². The lowest BCUT2D eigenvalue weighted by Gasteiger charge is -2.12. The molecule has 1 aromatic carbocycles. The number of methoxy groups -OCH3 is 2. The monoisotopic (exact) mass is 348 g/mol. The second kappa shape index (κ2) is 8.20. The Morgan fingerprint density at radius 3 is 2.52 bits per heavy atom. The number of amides is 2. The number of hydrogen-bond donors (Lipinski definition) is 3. The van der Waals surface area contributed by atoms with Gasteiger partial charge < -0.3 is 29.6 Å². The molecule has 8 heteroatoms. The maximum atomic E-state index is 12.0. The van der Waals surface area contributed by atoms with Gasteiger partial charge in [-0.25, -0.2) is 0 Å². The molecule has 2 amide bonds. The molecular formula is C17H20N2O6. The van der Waals surface area contributed by atoms with Gasteiger partial charge >= 0.3 is 11.8 Å². The first-order valence-corrected chi connectivity index (χ1v) is 7.50. The average Bonchev–Trinajstić information content (AvgIpc) is 3.05. The van der Waals surface area contributed by atoms with Gasteiger partial charge in [-0.05, 0) is 31.2 Å². The van der Waals surface area contributed by atoms with Crippen molar-refractivity contribution in [2.45, 2.75) is 13.0 Å². The highest BCUT2D eigenvalue weighted by molar-refractivity contribution is 6.39. The number of carbonyl (C=O) groups is 2. The van der Waals surface area contributed by atoms with E-state index in [2.05, 4.69) is 10.6 Å². The number of aryl methyl sites for hydroxylation is 1. The molecule has 134 valence electrons. The largest absolute Gasteiger partial charge is 0.497 e. The Kier molecular flexibility index (Phi) is 6.02. The van der Waals surface area contributed by atoms with Gasteiger partial charge in [0.1, 0.15) is 29.1 Å². The number of aliphatic hydroxyl groups excluding tert-OH is 1. The van der Waals surface area contributed by atoms with Crippen LogP contribution >= 0.6 is 0 Å². The van der Waals surface area contributed by atoms with E-state index in [1.54, 1.807) is 31.2 Å². The van der Waals surface area contributed by atoms with E-state index in [1.807, 2.05) is 0 Å². The molecule has 1 unspecified atom stereocenters. The average molecular weight is 348 g/mol. The number of benzene rings is 1. The molecular weight excluding hydrogens is 328 g/mol. The van der Waals surface area contributed by atoms with Crippen molar-refractivity contribution in [1.29, 1.82) is 0 Å². The molecule has 0 radical (unpaired) electrons. The molecule has 0 aliphatic heterocycles.